The summed E-state index contributed by atoms with van der Waals surface area (Å²) in [5.74, 6) is -1.05. The van der Waals surface area contributed by atoms with Crippen LogP contribution in [0.15, 0.2) is 79.1 Å². The number of carboxylic acids is 1. The van der Waals surface area contributed by atoms with Gasteiger partial charge in [-0.15, -0.1) is 0 Å². The number of nitrogens with zero attached hydrogens (tertiary/aromatic N) is 2. The SMILES string of the molecule is CC1C(Cn2cnc3ccccc32)OC(c2ccc(CNC(=O)CCCC(=O)O)cc2)OC1c1ccc(CO)cc1. The Morgan fingerprint density at radius 1 is 0.927 bits per heavy atom. The molecule has 214 valence electrons. The quantitative estimate of drug-likeness (QED) is 0.240. The van der Waals surface area contributed by atoms with Gasteiger partial charge in [0.05, 0.1) is 42.7 Å². The van der Waals surface area contributed by atoms with Crippen molar-refractivity contribution in [1.29, 1.82) is 0 Å². The molecule has 1 amide bonds. The van der Waals surface area contributed by atoms with E-state index in [2.05, 4.69) is 27.9 Å². The second-order valence-electron chi connectivity index (χ2n) is 10.5. The summed E-state index contributed by atoms with van der Waals surface area (Å²) < 4.78 is 15.3. The fourth-order valence-electron chi connectivity index (χ4n) is 5.16. The van der Waals surface area contributed by atoms with Gasteiger partial charge in [-0.05, 0) is 35.2 Å². The highest BCUT2D eigenvalue weighted by Gasteiger charge is 2.38. The zero-order chi connectivity index (χ0) is 28.8. The van der Waals surface area contributed by atoms with Gasteiger partial charge in [-0.1, -0.05) is 67.6 Å². The number of carboxylic acid groups (broad SMARTS) is 1. The van der Waals surface area contributed by atoms with Gasteiger partial charge in [0.15, 0.2) is 6.29 Å². The number of carbonyl (C=O) groups excluding carboxylic acids is 1. The second kappa shape index (κ2) is 13.1. The molecule has 1 fully saturated rings. The largest absolute Gasteiger partial charge is 0.481 e. The molecule has 1 saturated heterocycles. The van der Waals surface area contributed by atoms with Gasteiger partial charge in [0.1, 0.15) is 0 Å². The fraction of sp³-hybridized carbons (Fsp3) is 0.344. The lowest BCUT2D eigenvalue weighted by Crippen LogP contribution is -2.39. The normalized spacial score (nSPS) is 20.6. The van der Waals surface area contributed by atoms with Gasteiger partial charge in [0, 0.05) is 30.9 Å². The van der Waals surface area contributed by atoms with Gasteiger partial charge in [0.2, 0.25) is 5.91 Å². The van der Waals surface area contributed by atoms with Crippen molar-refractivity contribution in [2.24, 2.45) is 5.92 Å². The highest BCUT2D eigenvalue weighted by molar-refractivity contribution is 5.76. The number of aliphatic carboxylic acids is 1. The monoisotopic (exact) mass is 557 g/mol. The van der Waals surface area contributed by atoms with Crippen molar-refractivity contribution >= 4 is 22.9 Å². The van der Waals surface area contributed by atoms with Gasteiger partial charge in [-0.3, -0.25) is 9.59 Å². The Bertz CT molecular complexity index is 1470. The molecule has 41 heavy (non-hydrogen) atoms. The molecule has 0 spiro atoms. The molecule has 4 unspecified atom stereocenters. The highest BCUT2D eigenvalue weighted by atomic mass is 16.7. The number of aromatic nitrogens is 2. The predicted molar refractivity (Wildman–Crippen MR) is 152 cm³/mol. The number of carbonyl (C=O) groups is 2. The highest BCUT2D eigenvalue weighted by Crippen LogP contribution is 2.42. The van der Waals surface area contributed by atoms with Crippen LogP contribution >= 0.6 is 0 Å². The van der Waals surface area contributed by atoms with E-state index < -0.39 is 12.3 Å². The van der Waals surface area contributed by atoms with Crippen molar-refractivity contribution in [2.45, 2.75) is 64.4 Å². The summed E-state index contributed by atoms with van der Waals surface area (Å²) in [5, 5.41) is 21.1. The van der Waals surface area contributed by atoms with Crippen molar-refractivity contribution in [3.63, 3.8) is 0 Å². The number of rotatable bonds is 11. The number of benzene rings is 3. The third-order valence-corrected chi connectivity index (χ3v) is 7.56. The van der Waals surface area contributed by atoms with Crippen LogP contribution in [0.5, 0.6) is 0 Å². The molecule has 1 aromatic heterocycles. The summed E-state index contributed by atoms with van der Waals surface area (Å²) in [5.41, 5.74) is 5.63. The summed E-state index contributed by atoms with van der Waals surface area (Å²) >= 11 is 0. The first-order valence-electron chi connectivity index (χ1n) is 13.9. The number of ether oxygens (including phenoxy) is 2. The Balaban J connectivity index is 1.32. The first-order chi connectivity index (χ1) is 19.9. The molecule has 5 rings (SSSR count). The van der Waals surface area contributed by atoms with Crippen molar-refractivity contribution < 1.29 is 29.3 Å². The lowest BCUT2D eigenvalue weighted by Gasteiger charge is -2.41. The molecule has 9 heteroatoms. The third-order valence-electron chi connectivity index (χ3n) is 7.56. The van der Waals surface area contributed by atoms with E-state index in [4.69, 9.17) is 14.6 Å². The number of aliphatic hydroxyl groups is 1. The number of imidazole rings is 1. The Kier molecular flexibility index (Phi) is 9.08. The Labute approximate surface area is 238 Å². The summed E-state index contributed by atoms with van der Waals surface area (Å²) in [6, 6.07) is 23.6. The van der Waals surface area contributed by atoms with Crippen molar-refractivity contribution in [3.05, 3.63) is 101 Å². The van der Waals surface area contributed by atoms with Crippen LogP contribution in [0.3, 0.4) is 0 Å². The standard InChI is InChI=1S/C32H35N3O6/c1-21-28(18-35-20-34-26-5-2-3-6-27(26)35)40-32(41-31(21)24-13-11-23(19-36)12-14-24)25-15-9-22(10-16-25)17-33-29(37)7-4-8-30(38)39/h2-3,5-6,9-16,20-21,28,31-32,36H,4,7-8,17-19H2,1H3,(H,33,37)(H,38,39). The minimum atomic E-state index is -0.903. The first kappa shape index (κ1) is 28.5. The molecule has 4 aromatic rings. The molecule has 9 nitrogen and oxygen atoms in total. The van der Waals surface area contributed by atoms with Crippen LogP contribution < -0.4 is 5.32 Å². The predicted octanol–water partition coefficient (Wildman–Crippen LogP) is 4.89. The van der Waals surface area contributed by atoms with Gasteiger partial charge in [-0.25, -0.2) is 4.98 Å². The molecule has 0 radical (unpaired) electrons. The molecule has 3 N–H and O–H groups in total. The Morgan fingerprint density at radius 2 is 1.63 bits per heavy atom. The van der Waals surface area contributed by atoms with E-state index in [-0.39, 0.29) is 43.5 Å². The molecule has 2 heterocycles. The smallest absolute Gasteiger partial charge is 0.303 e. The summed E-state index contributed by atoms with van der Waals surface area (Å²) in [6.07, 6.45) is 1.32. The van der Waals surface area contributed by atoms with E-state index in [1.807, 2.05) is 73.1 Å². The maximum absolute atomic E-state index is 12.0. The van der Waals surface area contributed by atoms with E-state index in [0.717, 1.165) is 33.3 Å². The molecule has 1 aliphatic heterocycles. The van der Waals surface area contributed by atoms with E-state index >= 15 is 0 Å². The van der Waals surface area contributed by atoms with E-state index in [9.17, 15) is 14.7 Å². The van der Waals surface area contributed by atoms with Crippen LogP contribution in [-0.4, -0.2) is 37.7 Å². The van der Waals surface area contributed by atoms with Crippen LogP contribution in [-0.2, 0) is 38.8 Å². The van der Waals surface area contributed by atoms with Crippen molar-refractivity contribution in [1.82, 2.24) is 14.9 Å². The number of nitrogens with one attached hydrogen (secondary N) is 1. The molecule has 4 atom stereocenters. The van der Waals surface area contributed by atoms with Crippen LogP contribution in [0.25, 0.3) is 11.0 Å². The average Bonchev–Trinajstić information content (AvgIpc) is 3.40. The fourth-order valence-corrected chi connectivity index (χ4v) is 5.16. The van der Waals surface area contributed by atoms with Crippen LogP contribution in [0.4, 0.5) is 0 Å². The maximum Gasteiger partial charge on any atom is 0.303 e. The van der Waals surface area contributed by atoms with E-state index in [1.165, 1.54) is 0 Å². The minimum Gasteiger partial charge on any atom is -0.481 e. The average molecular weight is 558 g/mol. The van der Waals surface area contributed by atoms with Gasteiger partial charge < -0.3 is 29.6 Å². The maximum atomic E-state index is 12.0. The number of para-hydroxylation sites is 2. The lowest BCUT2D eigenvalue weighted by atomic mass is 9.90. The van der Waals surface area contributed by atoms with Crippen molar-refractivity contribution in [3.8, 4) is 0 Å². The summed E-state index contributed by atoms with van der Waals surface area (Å²) in [6.45, 7) is 3.08. The first-order valence-corrected chi connectivity index (χ1v) is 13.9. The number of aliphatic hydroxyl groups excluding tert-OH is 1. The zero-order valence-electron chi connectivity index (χ0n) is 23.0. The summed E-state index contributed by atoms with van der Waals surface area (Å²) in [4.78, 5) is 27.2. The topological polar surface area (TPSA) is 123 Å². The molecule has 0 aliphatic carbocycles. The molecule has 0 saturated carbocycles. The summed E-state index contributed by atoms with van der Waals surface area (Å²) in [7, 11) is 0. The lowest BCUT2D eigenvalue weighted by molar-refractivity contribution is -0.276. The van der Waals surface area contributed by atoms with Crippen LogP contribution in [0.1, 0.15) is 60.8 Å². The zero-order valence-corrected chi connectivity index (χ0v) is 23.0. The Hall–Kier alpha value is -4.05. The third kappa shape index (κ3) is 7.00. The molecular weight excluding hydrogens is 522 g/mol. The Morgan fingerprint density at radius 3 is 2.37 bits per heavy atom. The second-order valence-corrected chi connectivity index (χ2v) is 10.5. The minimum absolute atomic E-state index is 0.0153. The van der Waals surface area contributed by atoms with Gasteiger partial charge in [0.25, 0.3) is 0 Å². The number of hydrogen-bond donors (Lipinski definition) is 3. The number of amides is 1. The number of fused-ring (bicyclic) bond motifs is 1. The molecule has 1 aliphatic rings. The van der Waals surface area contributed by atoms with E-state index in [0.29, 0.717) is 19.5 Å². The van der Waals surface area contributed by atoms with Gasteiger partial charge in [-0.2, -0.15) is 0 Å². The molecule has 3 aromatic carbocycles. The van der Waals surface area contributed by atoms with Crippen LogP contribution in [0.2, 0.25) is 0 Å². The molecular formula is C32H35N3O6. The van der Waals surface area contributed by atoms with Crippen LogP contribution in [0, 0.1) is 5.92 Å². The number of hydrogen-bond acceptors (Lipinski definition) is 6. The van der Waals surface area contributed by atoms with Crippen molar-refractivity contribution in [2.75, 3.05) is 0 Å². The van der Waals surface area contributed by atoms with Gasteiger partial charge >= 0.3 is 5.97 Å². The molecule has 0 bridgehead atoms. The van der Waals surface area contributed by atoms with E-state index in [1.54, 1.807) is 0 Å².